The van der Waals surface area contributed by atoms with Gasteiger partial charge in [0, 0.05) is 19.1 Å². The van der Waals surface area contributed by atoms with Crippen molar-refractivity contribution in [3.63, 3.8) is 0 Å². The Kier molecular flexibility index (Phi) is 5.23. The van der Waals surface area contributed by atoms with Crippen LogP contribution in [-0.2, 0) is 10.2 Å². The molecule has 5 nitrogen and oxygen atoms in total. The highest BCUT2D eigenvalue weighted by molar-refractivity contribution is 6.02. The lowest BCUT2D eigenvalue weighted by molar-refractivity contribution is -0.0195. The third-order valence-corrected chi connectivity index (χ3v) is 6.27. The van der Waals surface area contributed by atoms with Crippen LogP contribution in [0.5, 0.6) is 5.75 Å². The molecule has 1 aliphatic heterocycles. The first kappa shape index (κ1) is 20.1. The van der Waals surface area contributed by atoms with Crippen LogP contribution in [-0.4, -0.2) is 41.4 Å². The molecule has 0 aromatic heterocycles. The molecule has 148 valence electrons. The number of rotatable bonds is 4. The molecule has 27 heavy (non-hydrogen) atoms. The van der Waals surface area contributed by atoms with E-state index in [-0.39, 0.29) is 18.3 Å². The van der Waals surface area contributed by atoms with Crippen molar-refractivity contribution in [3.8, 4) is 5.75 Å². The largest absolute Gasteiger partial charge is 0.489 e. The molecule has 1 aromatic carbocycles. The Labute approximate surface area is 161 Å². The minimum atomic E-state index is -0.868. The minimum absolute atomic E-state index is 0.0892. The van der Waals surface area contributed by atoms with Crippen LogP contribution in [0.2, 0.25) is 0 Å². The first-order valence-electron chi connectivity index (χ1n) is 9.53. The van der Waals surface area contributed by atoms with E-state index in [0.717, 1.165) is 16.7 Å². The van der Waals surface area contributed by atoms with E-state index in [2.05, 4.69) is 0 Å². The van der Waals surface area contributed by atoms with Crippen molar-refractivity contribution < 1.29 is 24.5 Å². The fraction of sp³-hybridized carbons (Fsp3) is 0.591. The molecular weight excluding hydrogens is 344 g/mol. The molecule has 0 spiro atoms. The number of hydrogen-bond donors (Lipinski definition) is 2. The molecular formula is C22H30O5. The number of allylic oxidation sites excluding steroid dienone is 1. The number of methoxy groups -OCH3 is 1. The Hall–Kier alpha value is -1.69. The first-order valence-corrected chi connectivity index (χ1v) is 9.53. The second-order valence-electron chi connectivity index (χ2n) is 8.28. The topological polar surface area (TPSA) is 76.0 Å². The Morgan fingerprint density at radius 2 is 2.15 bits per heavy atom. The molecule has 0 saturated heterocycles. The number of ether oxygens (including phenoxy) is 2. The summed E-state index contributed by atoms with van der Waals surface area (Å²) in [5.41, 5.74) is 3.31. The van der Waals surface area contributed by atoms with E-state index in [1.165, 1.54) is 7.11 Å². The van der Waals surface area contributed by atoms with Gasteiger partial charge in [-0.3, -0.25) is 4.79 Å². The van der Waals surface area contributed by atoms with Gasteiger partial charge < -0.3 is 19.7 Å². The van der Waals surface area contributed by atoms with Crippen molar-refractivity contribution in [2.45, 2.75) is 77.3 Å². The molecule has 5 unspecified atom stereocenters. The van der Waals surface area contributed by atoms with Crippen LogP contribution in [0.25, 0.3) is 0 Å². The average molecular weight is 374 g/mol. The van der Waals surface area contributed by atoms with Crippen LogP contribution >= 0.6 is 0 Å². The number of carbonyl (C=O) groups excluding carboxylic acids is 1. The van der Waals surface area contributed by atoms with Gasteiger partial charge in [0.1, 0.15) is 18.0 Å². The van der Waals surface area contributed by atoms with Gasteiger partial charge in [0.25, 0.3) is 0 Å². The van der Waals surface area contributed by atoms with Gasteiger partial charge in [-0.05, 0) is 52.2 Å². The SMILES string of the molecule is COC1CC(=O)c2c(cc(C)c3c2OC(C)C3(C)C(O)CC=C(C)C)C1O. The molecule has 2 aliphatic rings. The summed E-state index contributed by atoms with van der Waals surface area (Å²) in [5, 5.41) is 21.7. The van der Waals surface area contributed by atoms with Gasteiger partial charge in [-0.15, -0.1) is 0 Å². The summed E-state index contributed by atoms with van der Waals surface area (Å²) in [5.74, 6) is 0.434. The van der Waals surface area contributed by atoms with E-state index in [1.54, 1.807) is 0 Å². The second-order valence-corrected chi connectivity index (χ2v) is 8.28. The lowest BCUT2D eigenvalue weighted by Gasteiger charge is -2.34. The monoisotopic (exact) mass is 374 g/mol. The number of aliphatic hydroxyl groups is 2. The van der Waals surface area contributed by atoms with E-state index in [1.807, 2.05) is 46.8 Å². The van der Waals surface area contributed by atoms with Crippen molar-refractivity contribution in [2.24, 2.45) is 0 Å². The van der Waals surface area contributed by atoms with Gasteiger partial charge in [-0.25, -0.2) is 0 Å². The molecule has 0 bridgehead atoms. The number of benzene rings is 1. The van der Waals surface area contributed by atoms with Crippen molar-refractivity contribution >= 4 is 5.78 Å². The van der Waals surface area contributed by atoms with Gasteiger partial charge in [0.15, 0.2) is 5.78 Å². The first-order chi connectivity index (χ1) is 12.6. The number of aliphatic hydroxyl groups excluding tert-OH is 2. The molecule has 3 rings (SSSR count). The minimum Gasteiger partial charge on any atom is -0.489 e. The van der Waals surface area contributed by atoms with Gasteiger partial charge in [-0.1, -0.05) is 17.7 Å². The Morgan fingerprint density at radius 3 is 2.74 bits per heavy atom. The summed E-state index contributed by atoms with van der Waals surface area (Å²) in [4.78, 5) is 12.8. The second kappa shape index (κ2) is 7.04. The van der Waals surface area contributed by atoms with Crippen LogP contribution < -0.4 is 4.74 Å². The molecule has 2 N–H and O–H groups in total. The van der Waals surface area contributed by atoms with Gasteiger partial charge in [0.05, 0.1) is 23.2 Å². The van der Waals surface area contributed by atoms with Crippen LogP contribution in [0.3, 0.4) is 0 Å². The molecule has 5 heteroatoms. The van der Waals surface area contributed by atoms with Crippen molar-refractivity contribution in [1.29, 1.82) is 0 Å². The van der Waals surface area contributed by atoms with Crippen molar-refractivity contribution in [1.82, 2.24) is 0 Å². The lowest BCUT2D eigenvalue weighted by Crippen LogP contribution is -2.44. The van der Waals surface area contributed by atoms with Crippen LogP contribution in [0.4, 0.5) is 0 Å². The third kappa shape index (κ3) is 3.02. The molecule has 0 saturated carbocycles. The zero-order chi connectivity index (χ0) is 20.1. The summed E-state index contributed by atoms with van der Waals surface area (Å²) in [6.45, 7) is 9.88. The summed E-state index contributed by atoms with van der Waals surface area (Å²) in [6, 6.07) is 1.86. The Morgan fingerprint density at radius 1 is 1.48 bits per heavy atom. The van der Waals surface area contributed by atoms with E-state index < -0.39 is 23.7 Å². The quantitative estimate of drug-likeness (QED) is 0.790. The highest BCUT2D eigenvalue weighted by atomic mass is 16.5. The average Bonchev–Trinajstić information content (AvgIpc) is 2.88. The molecule has 0 fully saturated rings. The summed E-state index contributed by atoms with van der Waals surface area (Å²) in [7, 11) is 1.50. The lowest BCUT2D eigenvalue weighted by atomic mass is 9.70. The van der Waals surface area contributed by atoms with E-state index in [0.29, 0.717) is 23.3 Å². The zero-order valence-corrected chi connectivity index (χ0v) is 17.0. The van der Waals surface area contributed by atoms with Crippen LogP contribution in [0.15, 0.2) is 17.7 Å². The highest BCUT2D eigenvalue weighted by Crippen LogP contribution is 2.52. The molecule has 1 aliphatic carbocycles. The summed E-state index contributed by atoms with van der Waals surface area (Å²) >= 11 is 0. The molecule has 5 atom stereocenters. The third-order valence-electron chi connectivity index (χ3n) is 6.27. The normalized spacial score (nSPS) is 30.4. The summed E-state index contributed by atoms with van der Waals surface area (Å²) in [6.07, 6.45) is 0.315. The molecule has 1 heterocycles. The van der Waals surface area contributed by atoms with E-state index in [9.17, 15) is 15.0 Å². The maximum absolute atomic E-state index is 12.8. The predicted octanol–water partition coefficient (Wildman–Crippen LogP) is 3.39. The van der Waals surface area contributed by atoms with E-state index in [4.69, 9.17) is 9.47 Å². The van der Waals surface area contributed by atoms with Crippen molar-refractivity contribution in [3.05, 3.63) is 40.0 Å². The fourth-order valence-corrected chi connectivity index (χ4v) is 4.46. The number of carbonyl (C=O) groups is 1. The smallest absolute Gasteiger partial charge is 0.169 e. The predicted molar refractivity (Wildman–Crippen MR) is 103 cm³/mol. The maximum atomic E-state index is 12.8. The molecule has 0 radical (unpaired) electrons. The zero-order valence-electron chi connectivity index (χ0n) is 17.0. The number of Topliss-reactive ketones (excluding diaryl/α,β-unsaturated/α-hetero) is 1. The van der Waals surface area contributed by atoms with Gasteiger partial charge in [0.2, 0.25) is 0 Å². The van der Waals surface area contributed by atoms with Crippen LogP contribution in [0, 0.1) is 6.92 Å². The fourth-order valence-electron chi connectivity index (χ4n) is 4.46. The van der Waals surface area contributed by atoms with E-state index >= 15 is 0 Å². The van der Waals surface area contributed by atoms with Gasteiger partial charge >= 0.3 is 0 Å². The number of hydrogen-bond acceptors (Lipinski definition) is 5. The Bertz CT molecular complexity index is 792. The standard InChI is InChI=1S/C22H30O5/c1-11(2)7-8-17(24)22(5)13(4)27-21-18-14(9-12(3)19(21)22)20(25)16(26-6)10-15(18)23/h7,9,13,16-17,20,24-25H,8,10H2,1-6H3. The highest BCUT2D eigenvalue weighted by Gasteiger charge is 2.51. The summed E-state index contributed by atoms with van der Waals surface area (Å²) < 4.78 is 11.5. The number of fused-ring (bicyclic) bond motifs is 3. The molecule has 0 amide bonds. The molecule has 1 aromatic rings. The van der Waals surface area contributed by atoms with Crippen molar-refractivity contribution in [2.75, 3.05) is 7.11 Å². The van der Waals surface area contributed by atoms with Crippen LogP contribution in [0.1, 0.15) is 73.7 Å². The number of ketones is 1. The number of aryl methyl sites for hydroxylation is 1. The Balaban J connectivity index is 2.15. The van der Waals surface area contributed by atoms with Gasteiger partial charge in [-0.2, -0.15) is 0 Å². The maximum Gasteiger partial charge on any atom is 0.169 e.